The van der Waals surface area contributed by atoms with Gasteiger partial charge in [0, 0.05) is 5.56 Å². The number of tetrazole rings is 1. The van der Waals surface area contributed by atoms with Crippen LogP contribution in [0.1, 0.15) is 60.4 Å². The third-order valence-electron chi connectivity index (χ3n) is 5.21. The predicted octanol–water partition coefficient (Wildman–Crippen LogP) is 1.74. The maximum Gasteiger partial charge on any atom is 0.254 e. The molecule has 0 radical (unpaired) electrons. The van der Waals surface area contributed by atoms with E-state index in [1.165, 1.54) is 6.42 Å². The Bertz CT molecular complexity index is 713. The average molecular weight is 327 g/mol. The normalized spacial score (nSPS) is 24.1. The largest absolute Gasteiger partial charge is 0.394 e. The number of likely N-dealkylation sites (tertiary alicyclic amines) is 1. The summed E-state index contributed by atoms with van der Waals surface area (Å²) in [6, 6.07) is 9.19. The van der Waals surface area contributed by atoms with Crippen molar-refractivity contribution in [3.8, 4) is 0 Å². The lowest BCUT2D eigenvalue weighted by Crippen LogP contribution is -2.40. The summed E-state index contributed by atoms with van der Waals surface area (Å²) in [4.78, 5) is 14.8. The Hall–Kier alpha value is -2.28. The minimum atomic E-state index is -0.186. The third kappa shape index (κ3) is 2.49. The van der Waals surface area contributed by atoms with Gasteiger partial charge >= 0.3 is 0 Å². The van der Waals surface area contributed by atoms with Crippen LogP contribution in [0.15, 0.2) is 30.3 Å². The van der Waals surface area contributed by atoms with E-state index in [0.717, 1.165) is 31.5 Å². The fraction of sp³-hybridized carbons (Fsp3) is 0.529. The van der Waals surface area contributed by atoms with Gasteiger partial charge in [0.25, 0.3) is 5.91 Å². The van der Waals surface area contributed by atoms with Crippen molar-refractivity contribution in [2.24, 2.45) is 0 Å². The van der Waals surface area contributed by atoms with Crippen LogP contribution in [-0.4, -0.2) is 48.8 Å². The second-order valence-corrected chi connectivity index (χ2v) is 6.57. The number of hydrogen-bond donors (Lipinski definition) is 1. The minimum Gasteiger partial charge on any atom is -0.394 e. The Labute approximate surface area is 140 Å². The first-order valence-corrected chi connectivity index (χ1v) is 8.56. The summed E-state index contributed by atoms with van der Waals surface area (Å²) in [5.74, 6) is 0.681. The molecule has 1 aliphatic heterocycles. The van der Waals surface area contributed by atoms with Crippen LogP contribution in [0.25, 0.3) is 0 Å². The van der Waals surface area contributed by atoms with Gasteiger partial charge < -0.3 is 10.0 Å². The highest BCUT2D eigenvalue weighted by Gasteiger charge is 2.41. The van der Waals surface area contributed by atoms with Crippen molar-refractivity contribution in [3.63, 3.8) is 0 Å². The molecule has 2 aromatic rings. The topological polar surface area (TPSA) is 84.1 Å². The lowest BCUT2D eigenvalue weighted by molar-refractivity contribution is 0.0577. The smallest absolute Gasteiger partial charge is 0.254 e. The number of hydrogen-bond acceptors (Lipinski definition) is 5. The maximum atomic E-state index is 13.0. The van der Waals surface area contributed by atoms with Crippen LogP contribution in [0.5, 0.6) is 0 Å². The Morgan fingerprint density at radius 2 is 1.96 bits per heavy atom. The number of aliphatic hydroxyl groups excluding tert-OH is 1. The maximum absolute atomic E-state index is 13.0. The van der Waals surface area contributed by atoms with Crippen molar-refractivity contribution in [2.75, 3.05) is 6.61 Å². The monoisotopic (exact) mass is 327 g/mol. The number of carbonyl (C=O) groups excluding carboxylic acids is 1. The number of carbonyl (C=O) groups is 1. The fourth-order valence-corrected chi connectivity index (χ4v) is 3.66. The standard InChI is InChI=1S/C17H21N5O2/c23-11-14-9-10-15(16-18-19-20-22(16)13-7-4-8-13)21(14)17(24)12-5-2-1-3-6-12/h1-3,5-6,13-15,23H,4,7-11H2/t14-,15-/m0/s1. The van der Waals surface area contributed by atoms with Crippen molar-refractivity contribution < 1.29 is 9.90 Å². The number of benzene rings is 1. The van der Waals surface area contributed by atoms with Gasteiger partial charge in [-0.25, -0.2) is 4.68 Å². The summed E-state index contributed by atoms with van der Waals surface area (Å²) in [7, 11) is 0. The summed E-state index contributed by atoms with van der Waals surface area (Å²) in [6.45, 7) is -0.0416. The molecule has 1 aliphatic carbocycles. The van der Waals surface area contributed by atoms with Gasteiger partial charge in [-0.05, 0) is 54.7 Å². The van der Waals surface area contributed by atoms with Gasteiger partial charge in [0.05, 0.1) is 24.7 Å². The van der Waals surface area contributed by atoms with E-state index in [9.17, 15) is 9.90 Å². The van der Waals surface area contributed by atoms with E-state index in [1.807, 2.05) is 22.9 Å². The molecule has 0 unspecified atom stereocenters. The molecule has 1 N–H and O–H groups in total. The summed E-state index contributed by atoms with van der Waals surface area (Å²) < 4.78 is 1.89. The Balaban J connectivity index is 1.67. The van der Waals surface area contributed by atoms with Crippen LogP contribution in [0.2, 0.25) is 0 Å². The van der Waals surface area contributed by atoms with Crippen LogP contribution >= 0.6 is 0 Å². The first kappa shape index (κ1) is 15.3. The predicted molar refractivity (Wildman–Crippen MR) is 86.2 cm³/mol. The lowest BCUT2D eigenvalue weighted by atomic mass is 9.93. The Morgan fingerprint density at radius 1 is 1.17 bits per heavy atom. The van der Waals surface area contributed by atoms with Crippen LogP contribution in [0, 0.1) is 0 Å². The number of nitrogens with zero attached hydrogens (tertiary/aromatic N) is 5. The van der Waals surface area contributed by atoms with Crippen LogP contribution in [0.3, 0.4) is 0 Å². The molecule has 2 atom stereocenters. The number of aromatic nitrogens is 4. The van der Waals surface area contributed by atoms with E-state index in [0.29, 0.717) is 11.6 Å². The molecule has 0 spiro atoms. The minimum absolute atomic E-state index is 0.0416. The van der Waals surface area contributed by atoms with E-state index in [2.05, 4.69) is 15.5 Å². The van der Waals surface area contributed by atoms with E-state index >= 15 is 0 Å². The molecule has 2 heterocycles. The summed E-state index contributed by atoms with van der Waals surface area (Å²) >= 11 is 0. The van der Waals surface area contributed by atoms with E-state index < -0.39 is 0 Å². The fourth-order valence-electron chi connectivity index (χ4n) is 3.66. The van der Waals surface area contributed by atoms with Gasteiger partial charge in [-0.3, -0.25) is 4.79 Å². The van der Waals surface area contributed by atoms with Crippen molar-refractivity contribution in [1.82, 2.24) is 25.1 Å². The van der Waals surface area contributed by atoms with Crippen LogP contribution in [0.4, 0.5) is 0 Å². The zero-order chi connectivity index (χ0) is 16.5. The number of rotatable bonds is 4. The Kier molecular flexibility index (Phi) is 4.02. The van der Waals surface area contributed by atoms with Gasteiger partial charge in [0.1, 0.15) is 0 Å². The molecule has 24 heavy (non-hydrogen) atoms. The molecule has 1 amide bonds. The first-order chi connectivity index (χ1) is 11.8. The molecule has 7 heteroatoms. The second kappa shape index (κ2) is 6.32. The zero-order valence-electron chi connectivity index (χ0n) is 13.5. The molecule has 1 saturated carbocycles. The molecule has 2 fully saturated rings. The highest BCUT2D eigenvalue weighted by Crippen LogP contribution is 2.39. The van der Waals surface area contributed by atoms with E-state index in [4.69, 9.17) is 0 Å². The van der Waals surface area contributed by atoms with E-state index in [1.54, 1.807) is 17.0 Å². The molecular formula is C17H21N5O2. The molecule has 0 bridgehead atoms. The molecule has 7 nitrogen and oxygen atoms in total. The number of aliphatic hydroxyl groups is 1. The van der Waals surface area contributed by atoms with Gasteiger partial charge in [0.15, 0.2) is 5.82 Å². The van der Waals surface area contributed by atoms with Crippen LogP contribution < -0.4 is 0 Å². The van der Waals surface area contributed by atoms with E-state index in [-0.39, 0.29) is 24.6 Å². The molecule has 4 rings (SSSR count). The molecule has 1 aromatic carbocycles. The van der Waals surface area contributed by atoms with Crippen LogP contribution in [-0.2, 0) is 0 Å². The molecule has 1 saturated heterocycles. The second-order valence-electron chi connectivity index (χ2n) is 6.57. The summed E-state index contributed by atoms with van der Waals surface area (Å²) in [5.41, 5.74) is 0.630. The van der Waals surface area contributed by atoms with Crippen molar-refractivity contribution in [2.45, 2.75) is 50.2 Å². The van der Waals surface area contributed by atoms with Gasteiger partial charge in [-0.15, -0.1) is 5.10 Å². The first-order valence-electron chi connectivity index (χ1n) is 8.56. The summed E-state index contributed by atoms with van der Waals surface area (Å²) in [5, 5.41) is 22.0. The molecular weight excluding hydrogens is 306 g/mol. The Morgan fingerprint density at radius 3 is 2.62 bits per heavy atom. The summed E-state index contributed by atoms with van der Waals surface area (Å²) in [6.07, 6.45) is 4.90. The van der Waals surface area contributed by atoms with Gasteiger partial charge in [0.2, 0.25) is 0 Å². The molecule has 2 aliphatic rings. The average Bonchev–Trinajstić information content (AvgIpc) is 3.19. The SMILES string of the molecule is O=C(c1ccccc1)N1[C@H](CO)CC[C@H]1c1nnnn1C1CCC1. The van der Waals surface area contributed by atoms with Gasteiger partial charge in [-0.1, -0.05) is 18.2 Å². The quantitative estimate of drug-likeness (QED) is 0.924. The highest BCUT2D eigenvalue weighted by molar-refractivity contribution is 5.94. The van der Waals surface area contributed by atoms with Crippen molar-refractivity contribution >= 4 is 5.91 Å². The van der Waals surface area contributed by atoms with Gasteiger partial charge in [-0.2, -0.15) is 0 Å². The zero-order valence-corrected chi connectivity index (χ0v) is 13.5. The number of amides is 1. The lowest BCUT2D eigenvalue weighted by Gasteiger charge is -2.31. The molecule has 126 valence electrons. The molecule has 1 aromatic heterocycles. The third-order valence-corrected chi connectivity index (χ3v) is 5.21. The van der Waals surface area contributed by atoms with Crippen molar-refractivity contribution in [3.05, 3.63) is 41.7 Å². The van der Waals surface area contributed by atoms with Crippen molar-refractivity contribution in [1.29, 1.82) is 0 Å². The highest BCUT2D eigenvalue weighted by atomic mass is 16.3.